The van der Waals surface area contributed by atoms with Crippen molar-refractivity contribution < 1.29 is 9.47 Å². The number of ether oxygens (including phenoxy) is 2. The summed E-state index contributed by atoms with van der Waals surface area (Å²) >= 11 is 0. The van der Waals surface area contributed by atoms with Crippen LogP contribution in [-0.4, -0.2) is 80.4 Å². The molecule has 43 heavy (non-hydrogen) atoms. The standard InChI is InChI=1S/C32H42N8O3/c1-4-33-29-19-28-26(21-35-29)32(23-5-10-27(34-20-23)22-13-15-39(16-14-22)17-18-42-3)37-40(28)24-6-8-25(9-7-24)43-30-11-12-31(41)38(2)36-30/h5,10-12,19-22,24-25H,4,6-9,13-18H2,1-3H3,(H,33,35)/t24-,25+. The van der Waals surface area contributed by atoms with E-state index in [1.807, 2.05) is 12.4 Å². The van der Waals surface area contributed by atoms with Gasteiger partial charge in [0.25, 0.3) is 5.56 Å². The van der Waals surface area contributed by atoms with Gasteiger partial charge >= 0.3 is 0 Å². The van der Waals surface area contributed by atoms with Crippen LogP contribution < -0.4 is 15.6 Å². The lowest BCUT2D eigenvalue weighted by Crippen LogP contribution is -2.35. The van der Waals surface area contributed by atoms with E-state index in [0.29, 0.717) is 11.8 Å². The van der Waals surface area contributed by atoms with Crippen molar-refractivity contribution in [3.8, 4) is 17.1 Å². The molecule has 1 aliphatic heterocycles. The summed E-state index contributed by atoms with van der Waals surface area (Å²) < 4.78 is 14.9. The van der Waals surface area contributed by atoms with Crippen molar-refractivity contribution in [1.29, 1.82) is 0 Å². The van der Waals surface area contributed by atoms with E-state index in [0.717, 1.165) is 105 Å². The predicted molar refractivity (Wildman–Crippen MR) is 167 cm³/mol. The van der Waals surface area contributed by atoms with Gasteiger partial charge in [0.15, 0.2) is 0 Å². The van der Waals surface area contributed by atoms with Crippen LogP contribution in [0.4, 0.5) is 5.82 Å². The Morgan fingerprint density at radius 2 is 1.79 bits per heavy atom. The van der Waals surface area contributed by atoms with E-state index in [4.69, 9.17) is 19.6 Å². The zero-order valence-corrected chi connectivity index (χ0v) is 25.4. The number of pyridine rings is 2. The molecule has 0 atom stereocenters. The molecule has 0 aromatic carbocycles. The maximum absolute atomic E-state index is 11.7. The highest BCUT2D eigenvalue weighted by Gasteiger charge is 2.28. The highest BCUT2D eigenvalue weighted by Crippen LogP contribution is 2.37. The van der Waals surface area contributed by atoms with Crippen molar-refractivity contribution in [2.24, 2.45) is 7.05 Å². The maximum atomic E-state index is 11.7. The minimum atomic E-state index is -0.146. The van der Waals surface area contributed by atoms with Gasteiger partial charge in [-0.15, -0.1) is 5.10 Å². The third-order valence-corrected chi connectivity index (χ3v) is 8.84. The number of piperidine rings is 1. The van der Waals surface area contributed by atoms with Gasteiger partial charge in [-0.25, -0.2) is 9.67 Å². The van der Waals surface area contributed by atoms with Crippen molar-refractivity contribution >= 4 is 16.7 Å². The Hall–Kier alpha value is -3.83. The van der Waals surface area contributed by atoms with Crippen LogP contribution in [0.2, 0.25) is 0 Å². The molecule has 1 saturated heterocycles. The molecule has 0 spiro atoms. The summed E-state index contributed by atoms with van der Waals surface area (Å²) in [6.45, 7) is 6.83. The molecule has 0 unspecified atom stereocenters. The molecule has 1 N–H and O–H groups in total. The van der Waals surface area contributed by atoms with Crippen LogP contribution in [0, 0.1) is 0 Å². The Bertz CT molecular complexity index is 1570. The SMILES string of the molecule is CCNc1cc2c(cn1)c(-c1ccc(C3CCN(CCOC)CC3)nc1)nn2[C@H]1CC[C@@H](Oc2ccc(=O)n(C)n2)CC1. The van der Waals surface area contributed by atoms with Crippen molar-refractivity contribution in [3.63, 3.8) is 0 Å². The number of aromatic nitrogens is 6. The molecule has 1 aliphatic carbocycles. The van der Waals surface area contributed by atoms with Crippen LogP contribution in [0.5, 0.6) is 5.88 Å². The Morgan fingerprint density at radius 3 is 2.49 bits per heavy atom. The van der Waals surface area contributed by atoms with Gasteiger partial charge in [-0.1, -0.05) is 0 Å². The second-order valence-corrected chi connectivity index (χ2v) is 11.7. The summed E-state index contributed by atoms with van der Waals surface area (Å²) in [6.07, 6.45) is 9.88. The van der Waals surface area contributed by atoms with Crippen molar-refractivity contribution in [3.05, 3.63) is 58.8 Å². The normalized spacial score (nSPS) is 20.0. The number of aryl methyl sites for hydroxylation is 1. The van der Waals surface area contributed by atoms with Gasteiger partial charge in [-0.05, 0) is 70.7 Å². The van der Waals surface area contributed by atoms with Gasteiger partial charge in [-0.3, -0.25) is 14.5 Å². The van der Waals surface area contributed by atoms with E-state index >= 15 is 0 Å². The van der Waals surface area contributed by atoms with Gasteiger partial charge in [-0.2, -0.15) is 5.10 Å². The molecule has 0 amide bonds. The quantitative estimate of drug-likeness (QED) is 0.289. The molecule has 2 aliphatic rings. The summed E-state index contributed by atoms with van der Waals surface area (Å²) in [6, 6.07) is 9.88. The fourth-order valence-electron chi connectivity index (χ4n) is 6.38. The largest absolute Gasteiger partial charge is 0.473 e. The lowest BCUT2D eigenvalue weighted by atomic mass is 9.92. The second-order valence-electron chi connectivity index (χ2n) is 11.7. The van der Waals surface area contributed by atoms with Crippen molar-refractivity contribution in [2.45, 2.75) is 63.5 Å². The van der Waals surface area contributed by atoms with E-state index in [1.54, 1.807) is 20.2 Å². The number of hydrogen-bond acceptors (Lipinski definition) is 9. The van der Waals surface area contributed by atoms with E-state index in [9.17, 15) is 4.79 Å². The molecule has 4 aromatic heterocycles. The zero-order valence-electron chi connectivity index (χ0n) is 25.4. The molecule has 2 fully saturated rings. The van der Waals surface area contributed by atoms with E-state index in [1.165, 1.54) is 10.7 Å². The minimum Gasteiger partial charge on any atom is -0.473 e. The monoisotopic (exact) mass is 586 g/mol. The zero-order chi connectivity index (χ0) is 29.8. The van der Waals surface area contributed by atoms with Crippen LogP contribution in [0.1, 0.15) is 63.1 Å². The first-order chi connectivity index (χ1) is 21.0. The molecule has 11 nitrogen and oxygen atoms in total. The molecular weight excluding hydrogens is 544 g/mol. The third kappa shape index (κ3) is 6.57. The fraction of sp³-hybridized carbons (Fsp3) is 0.531. The third-order valence-electron chi connectivity index (χ3n) is 8.84. The highest BCUT2D eigenvalue weighted by molar-refractivity contribution is 5.93. The summed E-state index contributed by atoms with van der Waals surface area (Å²) in [5.41, 5.74) is 4.04. The summed E-state index contributed by atoms with van der Waals surface area (Å²) in [7, 11) is 3.40. The first-order valence-corrected chi connectivity index (χ1v) is 15.5. The molecule has 1 saturated carbocycles. The number of hydrogen-bond donors (Lipinski definition) is 1. The number of methoxy groups -OCH3 is 1. The molecule has 228 valence electrons. The van der Waals surface area contributed by atoms with Crippen LogP contribution in [-0.2, 0) is 11.8 Å². The Kier molecular flexibility index (Phi) is 8.99. The smallest absolute Gasteiger partial charge is 0.266 e. The number of rotatable bonds is 10. The molecular formula is C32H42N8O3. The van der Waals surface area contributed by atoms with Crippen LogP contribution >= 0.6 is 0 Å². The second kappa shape index (κ2) is 13.2. The van der Waals surface area contributed by atoms with Gasteiger partial charge in [0, 0.05) is 80.4 Å². The first kappa shape index (κ1) is 29.3. The molecule has 0 radical (unpaired) electrons. The molecule has 11 heteroatoms. The molecule has 6 rings (SSSR count). The number of anilines is 1. The van der Waals surface area contributed by atoms with Crippen LogP contribution in [0.15, 0.2) is 47.5 Å². The molecule has 0 bridgehead atoms. The number of fused-ring (bicyclic) bond motifs is 1. The summed E-state index contributed by atoms with van der Waals surface area (Å²) in [4.78, 5) is 23.8. The van der Waals surface area contributed by atoms with Crippen LogP contribution in [0.25, 0.3) is 22.2 Å². The van der Waals surface area contributed by atoms with Crippen LogP contribution in [0.3, 0.4) is 0 Å². The van der Waals surface area contributed by atoms with E-state index in [-0.39, 0.29) is 17.7 Å². The number of nitrogens with one attached hydrogen (secondary N) is 1. The summed E-state index contributed by atoms with van der Waals surface area (Å²) in [5.74, 6) is 1.83. The minimum absolute atomic E-state index is 0.0603. The average molecular weight is 587 g/mol. The van der Waals surface area contributed by atoms with Gasteiger partial charge in [0.2, 0.25) is 5.88 Å². The summed E-state index contributed by atoms with van der Waals surface area (Å²) in [5, 5.41) is 13.8. The van der Waals surface area contributed by atoms with Crippen molar-refractivity contribution in [1.82, 2.24) is 34.4 Å². The highest BCUT2D eigenvalue weighted by atomic mass is 16.5. The fourth-order valence-corrected chi connectivity index (χ4v) is 6.38. The van der Waals surface area contributed by atoms with E-state index < -0.39 is 0 Å². The molecule has 5 heterocycles. The average Bonchev–Trinajstić information content (AvgIpc) is 3.41. The topological polar surface area (TPSA) is 112 Å². The van der Waals surface area contributed by atoms with Gasteiger partial charge in [0.1, 0.15) is 17.6 Å². The van der Waals surface area contributed by atoms with Crippen molar-refractivity contribution in [2.75, 3.05) is 45.2 Å². The Balaban J connectivity index is 1.19. The Labute approximate surface area is 252 Å². The lowest BCUT2D eigenvalue weighted by molar-refractivity contribution is 0.123. The Morgan fingerprint density at radius 1 is 0.977 bits per heavy atom. The molecule has 4 aromatic rings. The maximum Gasteiger partial charge on any atom is 0.266 e. The van der Waals surface area contributed by atoms with E-state index in [2.05, 4.69) is 50.1 Å². The van der Waals surface area contributed by atoms with Gasteiger partial charge in [0.05, 0.1) is 18.2 Å². The predicted octanol–water partition coefficient (Wildman–Crippen LogP) is 4.41. The van der Waals surface area contributed by atoms with Gasteiger partial charge < -0.3 is 19.7 Å². The number of likely N-dealkylation sites (tertiary alicyclic amines) is 1. The lowest BCUT2D eigenvalue weighted by Gasteiger charge is -2.31. The first-order valence-electron chi connectivity index (χ1n) is 15.5. The number of nitrogens with zero attached hydrogens (tertiary/aromatic N) is 7.